The lowest BCUT2D eigenvalue weighted by Gasteiger charge is -2.10. The number of fused-ring (bicyclic) bond motifs is 1. The standard InChI is InChI=1S/C10H13ClN2/c1-3-13-10-5-4-8(11)6-9(10)7(2)12-13/h6H,3-5H2,1-2H3. The molecule has 2 nitrogen and oxygen atoms in total. The van der Waals surface area contributed by atoms with E-state index < -0.39 is 0 Å². The molecule has 0 amide bonds. The van der Waals surface area contributed by atoms with Gasteiger partial charge in [-0.25, -0.2) is 0 Å². The molecule has 1 aliphatic carbocycles. The van der Waals surface area contributed by atoms with E-state index in [-0.39, 0.29) is 0 Å². The predicted molar refractivity (Wildman–Crippen MR) is 54.8 cm³/mol. The van der Waals surface area contributed by atoms with Crippen molar-refractivity contribution in [3.05, 3.63) is 22.0 Å². The Morgan fingerprint density at radius 1 is 1.54 bits per heavy atom. The van der Waals surface area contributed by atoms with Crippen LogP contribution in [0.5, 0.6) is 0 Å². The molecule has 0 unspecified atom stereocenters. The molecule has 0 saturated carbocycles. The van der Waals surface area contributed by atoms with Gasteiger partial charge in [0.2, 0.25) is 0 Å². The zero-order valence-electron chi connectivity index (χ0n) is 7.97. The number of hydrogen-bond acceptors (Lipinski definition) is 1. The van der Waals surface area contributed by atoms with Gasteiger partial charge in [0.1, 0.15) is 0 Å². The SMILES string of the molecule is CCn1nc(C)c2c1CCC(Cl)=C2. The third-order valence-electron chi connectivity index (χ3n) is 2.48. The van der Waals surface area contributed by atoms with E-state index in [4.69, 9.17) is 11.6 Å². The van der Waals surface area contributed by atoms with Crippen LogP contribution >= 0.6 is 11.6 Å². The zero-order valence-corrected chi connectivity index (χ0v) is 8.73. The molecule has 1 aliphatic rings. The fraction of sp³-hybridized carbons (Fsp3) is 0.500. The fourth-order valence-electron chi connectivity index (χ4n) is 1.82. The molecule has 1 aromatic heterocycles. The Bertz CT molecular complexity index is 363. The molecular weight excluding hydrogens is 184 g/mol. The van der Waals surface area contributed by atoms with Crippen LogP contribution in [0.1, 0.15) is 30.3 Å². The van der Waals surface area contributed by atoms with E-state index in [1.165, 1.54) is 11.3 Å². The van der Waals surface area contributed by atoms with Gasteiger partial charge in [0.15, 0.2) is 0 Å². The van der Waals surface area contributed by atoms with E-state index in [9.17, 15) is 0 Å². The van der Waals surface area contributed by atoms with Gasteiger partial charge >= 0.3 is 0 Å². The second kappa shape index (κ2) is 3.18. The normalized spacial score (nSPS) is 15.5. The minimum absolute atomic E-state index is 0.946. The van der Waals surface area contributed by atoms with Gasteiger partial charge in [-0.05, 0) is 32.8 Å². The molecule has 1 heterocycles. The maximum atomic E-state index is 5.99. The van der Waals surface area contributed by atoms with Crippen molar-refractivity contribution in [2.24, 2.45) is 0 Å². The smallest absolute Gasteiger partial charge is 0.0669 e. The first-order valence-electron chi connectivity index (χ1n) is 4.64. The molecule has 0 aromatic carbocycles. The lowest BCUT2D eigenvalue weighted by atomic mass is 10.0. The van der Waals surface area contributed by atoms with Crippen molar-refractivity contribution >= 4 is 17.7 Å². The van der Waals surface area contributed by atoms with Crippen molar-refractivity contribution < 1.29 is 0 Å². The predicted octanol–water partition coefficient (Wildman–Crippen LogP) is 2.74. The number of rotatable bonds is 1. The molecule has 0 aliphatic heterocycles. The summed E-state index contributed by atoms with van der Waals surface area (Å²) in [5, 5.41) is 5.41. The Labute approximate surface area is 83.2 Å². The number of aryl methyl sites for hydroxylation is 2. The topological polar surface area (TPSA) is 17.8 Å². The second-order valence-electron chi connectivity index (χ2n) is 3.35. The van der Waals surface area contributed by atoms with Crippen molar-refractivity contribution in [2.75, 3.05) is 0 Å². The Morgan fingerprint density at radius 3 is 3.00 bits per heavy atom. The van der Waals surface area contributed by atoms with E-state index in [1.807, 2.05) is 6.92 Å². The number of halogens is 1. The summed E-state index contributed by atoms with van der Waals surface area (Å²) in [6.45, 7) is 5.10. The van der Waals surface area contributed by atoms with E-state index in [2.05, 4.69) is 22.8 Å². The molecule has 2 rings (SSSR count). The van der Waals surface area contributed by atoms with Crippen molar-refractivity contribution in [1.29, 1.82) is 0 Å². The lowest BCUT2D eigenvalue weighted by molar-refractivity contribution is 0.614. The van der Waals surface area contributed by atoms with Crippen LogP contribution in [0, 0.1) is 6.92 Å². The fourth-order valence-corrected chi connectivity index (χ4v) is 2.03. The Morgan fingerprint density at radius 2 is 2.31 bits per heavy atom. The van der Waals surface area contributed by atoms with Gasteiger partial charge in [-0.1, -0.05) is 11.6 Å². The Balaban J connectivity index is 2.55. The summed E-state index contributed by atoms with van der Waals surface area (Å²) in [6.07, 6.45) is 4.04. The van der Waals surface area contributed by atoms with Crippen LogP contribution in [0.2, 0.25) is 0 Å². The lowest BCUT2D eigenvalue weighted by Crippen LogP contribution is -2.05. The minimum atomic E-state index is 0.946. The summed E-state index contributed by atoms with van der Waals surface area (Å²) >= 11 is 5.99. The third-order valence-corrected chi connectivity index (χ3v) is 2.78. The summed E-state index contributed by atoms with van der Waals surface area (Å²) in [6, 6.07) is 0. The van der Waals surface area contributed by atoms with Gasteiger partial charge in [-0.2, -0.15) is 5.10 Å². The van der Waals surface area contributed by atoms with Gasteiger partial charge in [-0.15, -0.1) is 0 Å². The average Bonchev–Trinajstić information content (AvgIpc) is 2.43. The van der Waals surface area contributed by atoms with E-state index in [0.29, 0.717) is 0 Å². The van der Waals surface area contributed by atoms with Crippen LogP contribution < -0.4 is 0 Å². The molecule has 0 atom stereocenters. The minimum Gasteiger partial charge on any atom is -0.269 e. The maximum Gasteiger partial charge on any atom is 0.0669 e. The van der Waals surface area contributed by atoms with E-state index >= 15 is 0 Å². The highest BCUT2D eigenvalue weighted by Gasteiger charge is 2.16. The summed E-state index contributed by atoms with van der Waals surface area (Å²) in [5.74, 6) is 0. The number of nitrogens with zero attached hydrogens (tertiary/aromatic N) is 2. The molecule has 70 valence electrons. The number of hydrogen-bond donors (Lipinski definition) is 0. The molecule has 13 heavy (non-hydrogen) atoms. The van der Waals surface area contributed by atoms with Crippen molar-refractivity contribution in [3.63, 3.8) is 0 Å². The van der Waals surface area contributed by atoms with Crippen LogP contribution in [0.25, 0.3) is 6.08 Å². The molecule has 0 bridgehead atoms. The highest BCUT2D eigenvalue weighted by atomic mass is 35.5. The molecule has 3 heteroatoms. The highest BCUT2D eigenvalue weighted by molar-refractivity contribution is 6.31. The second-order valence-corrected chi connectivity index (χ2v) is 3.84. The summed E-state index contributed by atoms with van der Waals surface area (Å²) < 4.78 is 2.07. The summed E-state index contributed by atoms with van der Waals surface area (Å²) in [4.78, 5) is 0. The van der Waals surface area contributed by atoms with E-state index in [0.717, 1.165) is 30.1 Å². The molecule has 0 N–H and O–H groups in total. The van der Waals surface area contributed by atoms with Crippen molar-refractivity contribution in [2.45, 2.75) is 33.2 Å². The van der Waals surface area contributed by atoms with Crippen LogP contribution in [-0.4, -0.2) is 9.78 Å². The first-order valence-corrected chi connectivity index (χ1v) is 5.02. The zero-order chi connectivity index (χ0) is 9.42. The maximum absolute atomic E-state index is 5.99. The van der Waals surface area contributed by atoms with Crippen molar-refractivity contribution in [1.82, 2.24) is 9.78 Å². The molecular formula is C10H13ClN2. The largest absolute Gasteiger partial charge is 0.269 e. The molecule has 1 aromatic rings. The first kappa shape index (κ1) is 8.82. The van der Waals surface area contributed by atoms with Crippen LogP contribution in [0.15, 0.2) is 5.03 Å². The Kier molecular flexibility index (Phi) is 2.16. The summed E-state index contributed by atoms with van der Waals surface area (Å²) in [7, 11) is 0. The number of aromatic nitrogens is 2. The number of allylic oxidation sites excluding steroid dienone is 1. The molecule has 0 saturated heterocycles. The van der Waals surface area contributed by atoms with Gasteiger partial charge in [0.05, 0.1) is 5.69 Å². The summed E-state index contributed by atoms with van der Waals surface area (Å²) in [5.41, 5.74) is 3.66. The van der Waals surface area contributed by atoms with E-state index in [1.54, 1.807) is 0 Å². The molecule has 0 fully saturated rings. The molecule has 0 radical (unpaired) electrons. The van der Waals surface area contributed by atoms with Crippen LogP contribution in [-0.2, 0) is 13.0 Å². The third kappa shape index (κ3) is 1.39. The molecule has 0 spiro atoms. The van der Waals surface area contributed by atoms with Gasteiger partial charge in [0.25, 0.3) is 0 Å². The average molecular weight is 197 g/mol. The van der Waals surface area contributed by atoms with Gasteiger partial charge in [-0.3, -0.25) is 4.68 Å². The quantitative estimate of drug-likeness (QED) is 0.676. The van der Waals surface area contributed by atoms with Crippen LogP contribution in [0.4, 0.5) is 0 Å². The highest BCUT2D eigenvalue weighted by Crippen LogP contribution is 2.27. The van der Waals surface area contributed by atoms with Crippen molar-refractivity contribution in [3.8, 4) is 0 Å². The van der Waals surface area contributed by atoms with Gasteiger partial charge in [0, 0.05) is 22.8 Å². The van der Waals surface area contributed by atoms with Gasteiger partial charge < -0.3 is 0 Å². The first-order chi connectivity index (χ1) is 6.22. The monoisotopic (exact) mass is 196 g/mol. The Hall–Kier alpha value is -0.760. The van der Waals surface area contributed by atoms with Crippen LogP contribution in [0.3, 0.4) is 0 Å².